The molecule has 0 spiro atoms. The van der Waals surface area contributed by atoms with Crippen molar-refractivity contribution in [3.8, 4) is 11.5 Å². The second-order valence-corrected chi connectivity index (χ2v) is 12.2. The molecule has 3 aromatic rings. The van der Waals surface area contributed by atoms with Crippen molar-refractivity contribution < 1.29 is 19.1 Å². The fourth-order valence-electron chi connectivity index (χ4n) is 5.54. The van der Waals surface area contributed by atoms with Gasteiger partial charge in [0.2, 0.25) is 0 Å². The molecule has 4 amide bonds. The van der Waals surface area contributed by atoms with E-state index in [1.165, 1.54) is 0 Å². The van der Waals surface area contributed by atoms with Crippen molar-refractivity contribution >= 4 is 41.1 Å². The van der Waals surface area contributed by atoms with Gasteiger partial charge >= 0.3 is 12.1 Å². The van der Waals surface area contributed by atoms with Crippen molar-refractivity contribution in [2.75, 3.05) is 47.4 Å². The number of piperazine rings is 1. The summed E-state index contributed by atoms with van der Waals surface area (Å²) in [4.78, 5) is 39.4. The molecular weight excluding hydrogens is 601 g/mol. The Morgan fingerprint density at radius 2 is 1.43 bits per heavy atom. The molecule has 3 aromatic carbocycles. The van der Waals surface area contributed by atoms with Gasteiger partial charge in [-0.1, -0.05) is 47.5 Å². The first-order valence-electron chi connectivity index (χ1n) is 14.6. The van der Waals surface area contributed by atoms with Crippen molar-refractivity contribution in [2.45, 2.75) is 32.0 Å². The summed E-state index contributed by atoms with van der Waals surface area (Å²) in [5, 5.41) is 1.21. The quantitative estimate of drug-likeness (QED) is 0.299. The Morgan fingerprint density at radius 3 is 1.98 bits per heavy atom. The van der Waals surface area contributed by atoms with E-state index in [2.05, 4.69) is 0 Å². The molecule has 1 saturated heterocycles. The highest BCUT2D eigenvalue weighted by Gasteiger charge is 2.45. The van der Waals surface area contributed by atoms with Crippen molar-refractivity contribution in [1.29, 1.82) is 0 Å². The summed E-state index contributed by atoms with van der Waals surface area (Å²) in [5.74, 6) is 1.68. The summed E-state index contributed by atoms with van der Waals surface area (Å²) in [7, 11) is 5.06. The second kappa shape index (κ2) is 13.4. The molecule has 2 unspecified atom stereocenters. The lowest BCUT2D eigenvalue weighted by atomic mass is 9.93. The number of carbonyl (C=O) groups is 2. The molecule has 2 atom stereocenters. The zero-order chi connectivity index (χ0) is 31.5. The minimum absolute atomic E-state index is 0.0731. The van der Waals surface area contributed by atoms with Gasteiger partial charge < -0.3 is 24.2 Å². The number of nitrogens with zero attached hydrogens (tertiary/aromatic N) is 5. The molecule has 2 aliphatic heterocycles. The van der Waals surface area contributed by atoms with Crippen LogP contribution in [0.4, 0.5) is 9.59 Å². The van der Waals surface area contributed by atoms with E-state index >= 15 is 0 Å². The maximum Gasteiger partial charge on any atom is 0.326 e. The Hall–Kier alpha value is -3.95. The van der Waals surface area contributed by atoms with Crippen molar-refractivity contribution in [1.82, 2.24) is 19.6 Å². The van der Waals surface area contributed by atoms with Crippen LogP contribution in [0, 0.1) is 0 Å². The number of halogens is 2. The molecule has 0 saturated carbocycles. The fourth-order valence-corrected chi connectivity index (χ4v) is 5.80. The van der Waals surface area contributed by atoms with E-state index in [1.54, 1.807) is 40.8 Å². The Kier molecular flexibility index (Phi) is 9.56. The highest BCUT2D eigenvalue weighted by molar-refractivity contribution is 6.30. The first-order valence-corrected chi connectivity index (χ1v) is 15.3. The number of ether oxygens (including phenoxy) is 2. The summed E-state index contributed by atoms with van der Waals surface area (Å²) < 4.78 is 11.8. The molecule has 0 N–H and O–H groups in total. The van der Waals surface area contributed by atoms with Crippen LogP contribution in [0.1, 0.15) is 42.6 Å². The van der Waals surface area contributed by atoms with Gasteiger partial charge in [-0.05, 0) is 61.4 Å². The standard InChI is InChI=1S/C33H37Cl2N5O4/c1-21(2)44-28-20-26(43-5)14-15-27(28)31-36-29(22-6-10-24(34)11-7-22)30(23-8-12-25(35)13-9-23)40(31)33(42)39-18-16-38(17-19-39)32(41)37(3)4/h6-15,20-21,29-30H,16-19H2,1-5H3. The molecule has 2 aliphatic rings. The van der Waals surface area contributed by atoms with Crippen molar-refractivity contribution in [3.63, 3.8) is 0 Å². The molecule has 0 bridgehead atoms. The summed E-state index contributed by atoms with van der Waals surface area (Å²) in [6, 6.07) is 19.4. The SMILES string of the molecule is COc1ccc(C2=NC(c3ccc(Cl)cc3)C(c3ccc(Cl)cc3)N2C(=O)N2CCN(C(=O)N(C)C)CC2)c(OC(C)C)c1. The highest BCUT2D eigenvalue weighted by Crippen LogP contribution is 2.46. The lowest BCUT2D eigenvalue weighted by Gasteiger charge is -2.39. The third-order valence-electron chi connectivity index (χ3n) is 7.69. The van der Waals surface area contributed by atoms with Crippen LogP contribution >= 0.6 is 23.2 Å². The molecule has 11 heteroatoms. The summed E-state index contributed by atoms with van der Waals surface area (Å²) in [6.45, 7) is 5.53. The number of aliphatic imine (C=N–C) groups is 1. The molecule has 5 rings (SSSR count). The minimum atomic E-state index is -0.494. The maximum absolute atomic E-state index is 14.7. The number of urea groups is 2. The molecule has 0 aromatic heterocycles. The Balaban J connectivity index is 1.63. The van der Waals surface area contributed by atoms with Crippen molar-refractivity contribution in [2.24, 2.45) is 4.99 Å². The normalized spacial score (nSPS) is 18.4. The third-order valence-corrected chi connectivity index (χ3v) is 8.20. The summed E-state index contributed by atoms with van der Waals surface area (Å²) in [6.07, 6.45) is -0.131. The van der Waals surface area contributed by atoms with Crippen LogP contribution in [0.25, 0.3) is 0 Å². The van der Waals surface area contributed by atoms with Gasteiger partial charge in [0.25, 0.3) is 0 Å². The predicted molar refractivity (Wildman–Crippen MR) is 173 cm³/mol. The Bertz CT molecular complexity index is 1520. The van der Waals surface area contributed by atoms with E-state index < -0.39 is 12.1 Å². The number of amides is 4. The van der Waals surface area contributed by atoms with Gasteiger partial charge in [0.1, 0.15) is 23.4 Å². The molecule has 0 aliphatic carbocycles. The third kappa shape index (κ3) is 6.59. The number of amidine groups is 1. The van der Waals surface area contributed by atoms with E-state index in [4.69, 9.17) is 37.7 Å². The Morgan fingerprint density at radius 1 is 0.864 bits per heavy atom. The first-order chi connectivity index (χ1) is 21.1. The molecule has 232 valence electrons. The monoisotopic (exact) mass is 637 g/mol. The van der Waals surface area contributed by atoms with Gasteiger partial charge in [-0.25, -0.2) is 9.59 Å². The van der Waals surface area contributed by atoms with E-state index in [1.807, 2.05) is 80.6 Å². The van der Waals surface area contributed by atoms with Gasteiger partial charge in [0.15, 0.2) is 0 Å². The number of hydrogen-bond acceptors (Lipinski definition) is 5. The molecule has 2 heterocycles. The Labute approximate surface area is 268 Å². The van der Waals surface area contributed by atoms with Crippen LogP contribution in [0.3, 0.4) is 0 Å². The van der Waals surface area contributed by atoms with Gasteiger partial charge in [-0.2, -0.15) is 0 Å². The largest absolute Gasteiger partial charge is 0.497 e. The van der Waals surface area contributed by atoms with Crippen LogP contribution in [0.2, 0.25) is 10.0 Å². The molecule has 44 heavy (non-hydrogen) atoms. The summed E-state index contributed by atoms with van der Waals surface area (Å²) in [5.41, 5.74) is 2.45. The van der Waals surface area contributed by atoms with Crippen molar-refractivity contribution in [3.05, 3.63) is 93.5 Å². The summed E-state index contributed by atoms with van der Waals surface area (Å²) >= 11 is 12.6. The lowest BCUT2D eigenvalue weighted by Crippen LogP contribution is -2.56. The molecular formula is C33H37Cl2N5O4. The lowest BCUT2D eigenvalue weighted by molar-refractivity contribution is 0.115. The topological polar surface area (TPSA) is 77.9 Å². The zero-order valence-electron chi connectivity index (χ0n) is 25.5. The number of hydrogen-bond donors (Lipinski definition) is 0. The maximum atomic E-state index is 14.7. The second-order valence-electron chi connectivity index (χ2n) is 11.3. The van der Waals surface area contributed by atoms with Crippen LogP contribution in [-0.2, 0) is 0 Å². The molecule has 9 nitrogen and oxygen atoms in total. The number of carbonyl (C=O) groups excluding carboxylic acids is 2. The van der Waals surface area contributed by atoms with Gasteiger partial charge in [0, 0.05) is 56.4 Å². The van der Waals surface area contributed by atoms with Gasteiger partial charge in [0.05, 0.1) is 24.8 Å². The van der Waals surface area contributed by atoms with E-state index in [9.17, 15) is 9.59 Å². The van der Waals surface area contributed by atoms with Crippen LogP contribution in [0.5, 0.6) is 11.5 Å². The zero-order valence-corrected chi connectivity index (χ0v) is 27.0. The van der Waals surface area contributed by atoms with Crippen LogP contribution in [0.15, 0.2) is 71.7 Å². The average Bonchev–Trinajstić information content (AvgIpc) is 3.41. The molecule has 1 fully saturated rings. The van der Waals surface area contributed by atoms with Gasteiger partial charge in [-0.3, -0.25) is 9.89 Å². The van der Waals surface area contributed by atoms with Crippen LogP contribution < -0.4 is 9.47 Å². The first kappa shape index (κ1) is 31.5. The van der Waals surface area contributed by atoms with E-state index in [0.717, 1.165) is 11.1 Å². The minimum Gasteiger partial charge on any atom is -0.497 e. The van der Waals surface area contributed by atoms with E-state index in [0.29, 0.717) is 59.1 Å². The number of methoxy groups -OCH3 is 1. The number of rotatable bonds is 6. The van der Waals surface area contributed by atoms with E-state index in [-0.39, 0.29) is 18.2 Å². The fraction of sp³-hybridized carbons (Fsp3) is 0.364. The highest BCUT2D eigenvalue weighted by atomic mass is 35.5. The smallest absolute Gasteiger partial charge is 0.326 e. The number of benzene rings is 3. The predicted octanol–water partition coefficient (Wildman–Crippen LogP) is 6.75. The van der Waals surface area contributed by atoms with Gasteiger partial charge in [-0.15, -0.1) is 0 Å². The molecule has 0 radical (unpaired) electrons. The van der Waals surface area contributed by atoms with Crippen LogP contribution in [-0.4, -0.2) is 91.0 Å². The average molecular weight is 639 g/mol.